The second-order valence-electron chi connectivity index (χ2n) is 6.91. The maximum Gasteiger partial charge on any atom is 0.339 e. The van der Waals surface area contributed by atoms with Crippen molar-refractivity contribution in [1.29, 1.82) is 0 Å². The van der Waals surface area contributed by atoms with Crippen LogP contribution in [0, 0.1) is 12.7 Å². The summed E-state index contributed by atoms with van der Waals surface area (Å²) in [6.45, 7) is 1.27. The molecule has 0 heterocycles. The van der Waals surface area contributed by atoms with Gasteiger partial charge in [-0.2, -0.15) is 0 Å². The Bertz CT molecular complexity index is 1280. The molecule has 0 aliphatic carbocycles. The van der Waals surface area contributed by atoms with Gasteiger partial charge in [-0.3, -0.25) is 9.52 Å². The number of aryl methyl sites for hydroxylation is 1. The summed E-state index contributed by atoms with van der Waals surface area (Å²) in [5.41, 5.74) is 1.19. The molecule has 3 aromatic rings. The van der Waals surface area contributed by atoms with Gasteiger partial charge in [0.1, 0.15) is 11.6 Å². The predicted molar refractivity (Wildman–Crippen MR) is 120 cm³/mol. The van der Waals surface area contributed by atoms with Crippen molar-refractivity contribution >= 4 is 33.3 Å². The van der Waals surface area contributed by atoms with Gasteiger partial charge in [0.25, 0.3) is 15.9 Å². The van der Waals surface area contributed by atoms with Gasteiger partial charge in [-0.15, -0.1) is 0 Å². The molecule has 3 rings (SSSR count). The number of halogens is 1. The fraction of sp³-hybridized carbons (Fsp3) is 0.130. The highest BCUT2D eigenvalue weighted by atomic mass is 32.2. The molecule has 0 saturated carbocycles. The number of amides is 1. The topological polar surface area (TPSA) is 111 Å². The van der Waals surface area contributed by atoms with E-state index in [2.05, 4.69) is 10.0 Å². The molecule has 0 atom stereocenters. The quantitative estimate of drug-likeness (QED) is 0.483. The maximum atomic E-state index is 13.0. The smallest absolute Gasteiger partial charge is 0.339 e. The minimum atomic E-state index is -3.90. The highest BCUT2D eigenvalue weighted by Gasteiger charge is 2.17. The SMILES string of the molecule is COC(=O)c1ccccc1NC(=O)COc1ccc(S(=O)(=O)Nc2ccc(F)cc2)cc1C. The van der Waals surface area contributed by atoms with E-state index in [1.165, 1.54) is 43.5 Å². The lowest BCUT2D eigenvalue weighted by molar-refractivity contribution is -0.118. The van der Waals surface area contributed by atoms with Crippen LogP contribution in [0.25, 0.3) is 0 Å². The summed E-state index contributed by atoms with van der Waals surface area (Å²) in [7, 11) is -2.66. The van der Waals surface area contributed by atoms with Crippen molar-refractivity contribution in [3.8, 4) is 5.75 Å². The van der Waals surface area contributed by atoms with Crippen molar-refractivity contribution < 1.29 is 31.9 Å². The molecule has 172 valence electrons. The van der Waals surface area contributed by atoms with Crippen LogP contribution < -0.4 is 14.8 Å². The Labute approximate surface area is 190 Å². The molecule has 0 radical (unpaired) electrons. The zero-order valence-corrected chi connectivity index (χ0v) is 18.6. The lowest BCUT2D eigenvalue weighted by Gasteiger charge is -2.13. The van der Waals surface area contributed by atoms with E-state index >= 15 is 0 Å². The number of ether oxygens (including phenoxy) is 2. The summed E-state index contributed by atoms with van der Waals surface area (Å²) in [6.07, 6.45) is 0. The first-order valence-electron chi connectivity index (χ1n) is 9.68. The number of methoxy groups -OCH3 is 1. The molecule has 10 heteroatoms. The van der Waals surface area contributed by atoms with Crippen LogP contribution in [0.15, 0.2) is 71.6 Å². The van der Waals surface area contributed by atoms with Crippen LogP contribution in [0.2, 0.25) is 0 Å². The summed E-state index contributed by atoms with van der Waals surface area (Å²) in [5, 5.41) is 2.59. The monoisotopic (exact) mass is 472 g/mol. The molecule has 8 nitrogen and oxygen atoms in total. The van der Waals surface area contributed by atoms with Gasteiger partial charge in [0.2, 0.25) is 0 Å². The van der Waals surface area contributed by atoms with Gasteiger partial charge in [-0.25, -0.2) is 17.6 Å². The molecule has 3 aromatic carbocycles. The number of carbonyl (C=O) groups is 2. The van der Waals surface area contributed by atoms with E-state index in [1.807, 2.05) is 0 Å². The van der Waals surface area contributed by atoms with Crippen LogP contribution in [0.4, 0.5) is 15.8 Å². The fourth-order valence-electron chi connectivity index (χ4n) is 2.89. The number of esters is 1. The largest absolute Gasteiger partial charge is 0.483 e. The Hall–Kier alpha value is -3.92. The average Bonchev–Trinajstić information content (AvgIpc) is 2.79. The normalized spacial score (nSPS) is 10.9. The van der Waals surface area contributed by atoms with Crippen LogP contribution in [-0.4, -0.2) is 34.0 Å². The number of nitrogens with one attached hydrogen (secondary N) is 2. The molecule has 0 bridgehead atoms. The zero-order valence-electron chi connectivity index (χ0n) is 17.8. The van der Waals surface area contributed by atoms with Crippen LogP contribution >= 0.6 is 0 Å². The van der Waals surface area contributed by atoms with Crippen molar-refractivity contribution in [2.75, 3.05) is 23.8 Å². The number of para-hydroxylation sites is 1. The number of benzene rings is 3. The third-order valence-corrected chi connectivity index (χ3v) is 5.90. The Morgan fingerprint density at radius 1 is 1.00 bits per heavy atom. The molecule has 0 fully saturated rings. The number of rotatable bonds is 8. The first-order chi connectivity index (χ1) is 15.7. The van der Waals surface area contributed by atoms with Crippen molar-refractivity contribution in [1.82, 2.24) is 0 Å². The van der Waals surface area contributed by atoms with Gasteiger partial charge in [-0.1, -0.05) is 12.1 Å². The van der Waals surface area contributed by atoms with Gasteiger partial charge in [0, 0.05) is 5.69 Å². The molecule has 0 saturated heterocycles. The second kappa shape index (κ2) is 10.1. The highest BCUT2D eigenvalue weighted by molar-refractivity contribution is 7.92. The molecular weight excluding hydrogens is 451 g/mol. The van der Waals surface area contributed by atoms with Crippen LogP contribution in [-0.2, 0) is 19.6 Å². The Kier molecular flexibility index (Phi) is 7.29. The van der Waals surface area contributed by atoms with Crippen molar-refractivity contribution in [2.45, 2.75) is 11.8 Å². The Balaban J connectivity index is 1.65. The number of sulfonamides is 1. The van der Waals surface area contributed by atoms with E-state index in [4.69, 9.17) is 9.47 Å². The minimum Gasteiger partial charge on any atom is -0.483 e. The number of anilines is 2. The summed E-state index contributed by atoms with van der Waals surface area (Å²) < 4.78 is 50.8. The number of carbonyl (C=O) groups excluding carboxylic acids is 2. The van der Waals surface area contributed by atoms with Crippen LogP contribution in [0.5, 0.6) is 5.75 Å². The third kappa shape index (κ3) is 6.07. The zero-order chi connectivity index (χ0) is 24.0. The van der Waals surface area contributed by atoms with Gasteiger partial charge < -0.3 is 14.8 Å². The van der Waals surface area contributed by atoms with Crippen LogP contribution in [0.1, 0.15) is 15.9 Å². The number of hydrogen-bond donors (Lipinski definition) is 2. The summed E-state index contributed by atoms with van der Waals surface area (Å²) >= 11 is 0. The molecule has 0 unspecified atom stereocenters. The van der Waals surface area contributed by atoms with Gasteiger partial charge in [-0.05, 0) is 67.1 Å². The van der Waals surface area contributed by atoms with Crippen molar-refractivity contribution in [3.05, 3.63) is 83.7 Å². The van der Waals surface area contributed by atoms with E-state index < -0.39 is 27.7 Å². The first kappa shape index (κ1) is 23.7. The Morgan fingerprint density at radius 2 is 1.70 bits per heavy atom. The van der Waals surface area contributed by atoms with E-state index in [9.17, 15) is 22.4 Å². The lowest BCUT2D eigenvalue weighted by atomic mass is 10.2. The first-order valence-corrected chi connectivity index (χ1v) is 11.2. The summed E-state index contributed by atoms with van der Waals surface area (Å²) in [4.78, 5) is 24.1. The molecule has 0 aliphatic rings. The standard InChI is InChI=1S/C23H21FN2O6S/c1-15-13-18(33(29,30)26-17-9-7-16(24)8-10-17)11-12-21(15)32-14-22(27)25-20-6-4-3-5-19(20)23(28)31-2/h3-13,26H,14H2,1-2H3,(H,25,27). The average molecular weight is 472 g/mol. The minimum absolute atomic E-state index is 0.0202. The molecule has 33 heavy (non-hydrogen) atoms. The van der Waals surface area contributed by atoms with E-state index in [0.717, 1.165) is 12.1 Å². The fourth-order valence-corrected chi connectivity index (χ4v) is 4.04. The third-order valence-electron chi connectivity index (χ3n) is 4.52. The highest BCUT2D eigenvalue weighted by Crippen LogP contribution is 2.24. The number of hydrogen-bond acceptors (Lipinski definition) is 6. The molecule has 0 spiro atoms. The molecule has 0 aromatic heterocycles. The Morgan fingerprint density at radius 3 is 2.36 bits per heavy atom. The molecule has 0 aliphatic heterocycles. The van der Waals surface area contributed by atoms with Crippen LogP contribution in [0.3, 0.4) is 0 Å². The summed E-state index contributed by atoms with van der Waals surface area (Å²) in [6, 6.07) is 15.5. The van der Waals surface area contributed by atoms with Crippen molar-refractivity contribution in [3.63, 3.8) is 0 Å². The van der Waals surface area contributed by atoms with Gasteiger partial charge in [0.15, 0.2) is 6.61 Å². The van der Waals surface area contributed by atoms with Gasteiger partial charge in [0.05, 0.1) is 23.3 Å². The molecular formula is C23H21FN2O6S. The van der Waals surface area contributed by atoms with E-state index in [1.54, 1.807) is 25.1 Å². The predicted octanol–water partition coefficient (Wildman–Crippen LogP) is 3.74. The van der Waals surface area contributed by atoms with Crippen molar-refractivity contribution in [2.24, 2.45) is 0 Å². The molecule has 1 amide bonds. The molecule has 2 N–H and O–H groups in total. The van der Waals surface area contributed by atoms with E-state index in [-0.39, 0.29) is 28.4 Å². The van der Waals surface area contributed by atoms with E-state index in [0.29, 0.717) is 11.3 Å². The van der Waals surface area contributed by atoms with Gasteiger partial charge >= 0.3 is 5.97 Å². The summed E-state index contributed by atoms with van der Waals surface area (Å²) in [5.74, 6) is -1.27. The maximum absolute atomic E-state index is 13.0. The second-order valence-corrected chi connectivity index (χ2v) is 8.60. The lowest BCUT2D eigenvalue weighted by Crippen LogP contribution is -2.22.